The van der Waals surface area contributed by atoms with Gasteiger partial charge in [-0.1, -0.05) is 24.3 Å². The van der Waals surface area contributed by atoms with Crippen LogP contribution in [0.25, 0.3) is 27.5 Å². The maximum atomic E-state index is 4.67. The van der Waals surface area contributed by atoms with Gasteiger partial charge in [0.1, 0.15) is 5.65 Å². The van der Waals surface area contributed by atoms with E-state index in [1.54, 1.807) is 6.20 Å². The van der Waals surface area contributed by atoms with Crippen molar-refractivity contribution in [1.29, 1.82) is 0 Å². The molecule has 0 fully saturated rings. The first kappa shape index (κ1) is 8.70. The van der Waals surface area contributed by atoms with E-state index < -0.39 is 0 Å². The van der Waals surface area contributed by atoms with Crippen LogP contribution in [0.5, 0.6) is 0 Å². The van der Waals surface area contributed by atoms with Crippen LogP contribution >= 0.6 is 0 Å². The third-order valence-corrected chi connectivity index (χ3v) is 3.10. The van der Waals surface area contributed by atoms with Crippen LogP contribution < -0.4 is 0 Å². The summed E-state index contributed by atoms with van der Waals surface area (Å²) in [6.07, 6.45) is 5.68. The summed E-state index contributed by atoms with van der Waals surface area (Å²) in [7, 11) is 0. The Morgan fingerprint density at radius 3 is 2.94 bits per heavy atom. The molecule has 0 aliphatic rings. The van der Waals surface area contributed by atoms with E-state index in [0.717, 1.165) is 16.7 Å². The standard InChI is InChI=1S/C14H9N3/c1-2-4-11-10(3-1)6-8-17-13-9-15-7-5-12(13)16-14(11)17/h1-9H. The quantitative estimate of drug-likeness (QED) is 0.455. The summed E-state index contributed by atoms with van der Waals surface area (Å²) in [6.45, 7) is 0. The maximum absolute atomic E-state index is 4.67. The van der Waals surface area contributed by atoms with Gasteiger partial charge >= 0.3 is 0 Å². The lowest BCUT2D eigenvalue weighted by Crippen LogP contribution is -1.85. The van der Waals surface area contributed by atoms with Gasteiger partial charge in [0.05, 0.1) is 17.2 Å². The third kappa shape index (κ3) is 1.11. The molecule has 3 heterocycles. The molecule has 0 radical (unpaired) electrons. The first-order valence-electron chi connectivity index (χ1n) is 5.53. The van der Waals surface area contributed by atoms with Crippen LogP contribution in [-0.2, 0) is 0 Å². The number of hydrogen-bond donors (Lipinski definition) is 0. The molecule has 0 atom stereocenters. The van der Waals surface area contributed by atoms with E-state index in [2.05, 4.69) is 38.8 Å². The van der Waals surface area contributed by atoms with Gasteiger partial charge in [-0.05, 0) is 17.5 Å². The minimum Gasteiger partial charge on any atom is -0.298 e. The summed E-state index contributed by atoms with van der Waals surface area (Å²) in [6, 6.07) is 12.3. The first-order chi connectivity index (χ1) is 8.43. The second-order valence-corrected chi connectivity index (χ2v) is 4.07. The molecule has 0 amide bonds. The molecule has 4 rings (SSSR count). The van der Waals surface area contributed by atoms with Gasteiger partial charge in [-0.25, -0.2) is 4.98 Å². The Morgan fingerprint density at radius 2 is 1.94 bits per heavy atom. The van der Waals surface area contributed by atoms with Crippen LogP contribution in [0.2, 0.25) is 0 Å². The smallest absolute Gasteiger partial charge is 0.145 e. The molecule has 0 saturated carbocycles. The largest absolute Gasteiger partial charge is 0.298 e. The van der Waals surface area contributed by atoms with Crippen LogP contribution in [-0.4, -0.2) is 14.4 Å². The summed E-state index contributed by atoms with van der Waals surface area (Å²) in [4.78, 5) is 8.82. The second-order valence-electron chi connectivity index (χ2n) is 4.07. The van der Waals surface area contributed by atoms with Gasteiger partial charge in [0.2, 0.25) is 0 Å². The molecule has 0 N–H and O–H groups in total. The van der Waals surface area contributed by atoms with Crippen LogP contribution in [0, 0.1) is 0 Å². The molecule has 0 unspecified atom stereocenters. The van der Waals surface area contributed by atoms with Crippen molar-refractivity contribution in [2.45, 2.75) is 0 Å². The van der Waals surface area contributed by atoms with E-state index >= 15 is 0 Å². The minimum atomic E-state index is 0.983. The highest BCUT2D eigenvalue weighted by Crippen LogP contribution is 2.22. The molecule has 3 nitrogen and oxygen atoms in total. The number of nitrogens with zero attached hydrogens (tertiary/aromatic N) is 3. The highest BCUT2D eigenvalue weighted by atomic mass is 15.0. The molecule has 17 heavy (non-hydrogen) atoms. The van der Waals surface area contributed by atoms with Gasteiger partial charge < -0.3 is 0 Å². The van der Waals surface area contributed by atoms with Gasteiger partial charge in [0, 0.05) is 17.8 Å². The van der Waals surface area contributed by atoms with E-state index in [1.807, 2.05) is 24.4 Å². The Balaban J connectivity index is 2.34. The van der Waals surface area contributed by atoms with E-state index in [9.17, 15) is 0 Å². The van der Waals surface area contributed by atoms with Gasteiger partial charge in [-0.15, -0.1) is 0 Å². The van der Waals surface area contributed by atoms with Crippen LogP contribution in [0.3, 0.4) is 0 Å². The zero-order valence-electron chi connectivity index (χ0n) is 9.04. The van der Waals surface area contributed by atoms with Crippen molar-refractivity contribution in [3.05, 3.63) is 55.0 Å². The number of aromatic nitrogens is 3. The Labute approximate surface area is 97.4 Å². The number of rotatable bonds is 0. The van der Waals surface area contributed by atoms with Crippen molar-refractivity contribution in [2.24, 2.45) is 0 Å². The third-order valence-electron chi connectivity index (χ3n) is 3.10. The monoisotopic (exact) mass is 219 g/mol. The van der Waals surface area contributed by atoms with Crippen molar-refractivity contribution in [1.82, 2.24) is 14.4 Å². The van der Waals surface area contributed by atoms with E-state index in [-0.39, 0.29) is 0 Å². The highest BCUT2D eigenvalue weighted by Gasteiger charge is 2.06. The lowest BCUT2D eigenvalue weighted by atomic mass is 10.2. The molecular formula is C14H9N3. The van der Waals surface area contributed by atoms with Gasteiger partial charge in [-0.3, -0.25) is 9.38 Å². The van der Waals surface area contributed by atoms with Crippen LogP contribution in [0.1, 0.15) is 0 Å². The Kier molecular flexibility index (Phi) is 1.56. The zero-order chi connectivity index (χ0) is 11.2. The van der Waals surface area contributed by atoms with Crippen LogP contribution in [0.15, 0.2) is 55.0 Å². The predicted molar refractivity (Wildman–Crippen MR) is 68.0 cm³/mol. The van der Waals surface area contributed by atoms with Crippen molar-refractivity contribution >= 4 is 27.5 Å². The highest BCUT2D eigenvalue weighted by molar-refractivity contribution is 5.97. The summed E-state index contributed by atoms with van der Waals surface area (Å²) in [5.41, 5.74) is 3.02. The summed E-state index contributed by atoms with van der Waals surface area (Å²) < 4.78 is 2.09. The fraction of sp³-hybridized carbons (Fsp3) is 0. The van der Waals surface area contributed by atoms with Gasteiger partial charge in [0.15, 0.2) is 0 Å². The number of fused-ring (bicyclic) bond motifs is 5. The Morgan fingerprint density at radius 1 is 1.00 bits per heavy atom. The molecule has 80 valence electrons. The number of benzene rings is 1. The lowest BCUT2D eigenvalue weighted by molar-refractivity contribution is 1.23. The van der Waals surface area contributed by atoms with Crippen molar-refractivity contribution in [3.8, 4) is 0 Å². The molecule has 3 aromatic heterocycles. The predicted octanol–water partition coefficient (Wildman–Crippen LogP) is 3.04. The normalized spacial score (nSPS) is 11.5. The molecule has 4 aromatic rings. The number of imidazole rings is 1. The molecule has 0 saturated heterocycles. The van der Waals surface area contributed by atoms with Crippen molar-refractivity contribution in [2.75, 3.05) is 0 Å². The summed E-state index contributed by atoms with van der Waals surface area (Å²) >= 11 is 0. The van der Waals surface area contributed by atoms with E-state index in [0.29, 0.717) is 0 Å². The molecule has 0 aliphatic heterocycles. The lowest BCUT2D eigenvalue weighted by Gasteiger charge is -1.99. The Bertz CT molecular complexity index is 846. The minimum absolute atomic E-state index is 0.983. The van der Waals surface area contributed by atoms with E-state index in [1.165, 1.54) is 10.8 Å². The fourth-order valence-electron chi connectivity index (χ4n) is 2.28. The molecule has 3 heteroatoms. The number of hydrogen-bond acceptors (Lipinski definition) is 2. The first-order valence-corrected chi connectivity index (χ1v) is 5.53. The average Bonchev–Trinajstić information content (AvgIpc) is 2.78. The maximum Gasteiger partial charge on any atom is 0.145 e. The molecule has 1 aromatic carbocycles. The van der Waals surface area contributed by atoms with Gasteiger partial charge in [0.25, 0.3) is 0 Å². The number of pyridine rings is 2. The SMILES string of the molecule is c1ccc2c(c1)ccn1c3cnccc3nc21. The summed E-state index contributed by atoms with van der Waals surface area (Å²) in [5, 5.41) is 2.38. The molecule has 0 spiro atoms. The zero-order valence-corrected chi connectivity index (χ0v) is 9.04. The van der Waals surface area contributed by atoms with Crippen molar-refractivity contribution < 1.29 is 0 Å². The average molecular weight is 219 g/mol. The Hall–Kier alpha value is -2.42. The molecular weight excluding hydrogens is 210 g/mol. The summed E-state index contributed by atoms with van der Waals surface area (Å²) in [5.74, 6) is 0. The second kappa shape index (κ2) is 3.04. The molecule has 0 bridgehead atoms. The topological polar surface area (TPSA) is 30.2 Å². The van der Waals surface area contributed by atoms with Crippen LogP contribution in [0.4, 0.5) is 0 Å². The fourth-order valence-corrected chi connectivity index (χ4v) is 2.28. The molecule has 0 aliphatic carbocycles. The van der Waals surface area contributed by atoms with E-state index in [4.69, 9.17) is 0 Å². The van der Waals surface area contributed by atoms with Crippen molar-refractivity contribution in [3.63, 3.8) is 0 Å². The van der Waals surface area contributed by atoms with Gasteiger partial charge in [-0.2, -0.15) is 0 Å².